The second-order valence-electron chi connectivity index (χ2n) is 4.38. The third-order valence-electron chi connectivity index (χ3n) is 2.99. The minimum atomic E-state index is -0.529. The van der Waals surface area contributed by atoms with Crippen LogP contribution < -0.4 is 4.74 Å². The van der Waals surface area contributed by atoms with Gasteiger partial charge in [0, 0.05) is 5.56 Å². The molecule has 20 heavy (non-hydrogen) atoms. The van der Waals surface area contributed by atoms with Gasteiger partial charge in [-0.2, -0.15) is 0 Å². The predicted molar refractivity (Wildman–Crippen MR) is 71.4 cm³/mol. The normalized spacial score (nSPS) is 15.2. The van der Waals surface area contributed by atoms with Gasteiger partial charge in [0.1, 0.15) is 11.5 Å². The van der Waals surface area contributed by atoms with Gasteiger partial charge in [0.15, 0.2) is 11.5 Å². The first-order chi connectivity index (χ1) is 9.54. The molecule has 0 saturated heterocycles. The lowest BCUT2D eigenvalue weighted by Gasteiger charge is -2.00. The fourth-order valence-corrected chi connectivity index (χ4v) is 2.02. The Hall–Kier alpha value is -2.95. The number of ether oxygens (including phenoxy) is 1. The summed E-state index contributed by atoms with van der Waals surface area (Å²) in [6, 6.07) is 8.59. The largest absolute Gasteiger partial charge is 0.508 e. The quantitative estimate of drug-likeness (QED) is 0.320. The average Bonchev–Trinajstić information content (AvgIpc) is 2.70. The number of carbonyl (C=O) groups is 1. The Kier molecular flexibility index (Phi) is 2.61. The van der Waals surface area contributed by atoms with Crippen LogP contribution in [-0.2, 0) is 4.79 Å². The summed E-state index contributed by atoms with van der Waals surface area (Å²) in [5, 5.41) is 28.2. The first-order valence-electron chi connectivity index (χ1n) is 5.84. The van der Waals surface area contributed by atoms with E-state index >= 15 is 0 Å². The van der Waals surface area contributed by atoms with E-state index < -0.39 is 5.97 Å². The fraction of sp³-hybridized carbons (Fsp3) is 0. The Morgan fingerprint density at radius 1 is 0.950 bits per heavy atom. The molecule has 0 unspecified atom stereocenters. The van der Waals surface area contributed by atoms with Crippen molar-refractivity contribution in [2.45, 2.75) is 0 Å². The zero-order chi connectivity index (χ0) is 14.3. The lowest BCUT2D eigenvalue weighted by molar-refractivity contribution is -0.126. The highest BCUT2D eigenvalue weighted by Crippen LogP contribution is 2.38. The smallest absolute Gasteiger partial charge is 0.344 e. The molecule has 5 heteroatoms. The van der Waals surface area contributed by atoms with Crippen molar-refractivity contribution in [3.05, 3.63) is 47.5 Å². The van der Waals surface area contributed by atoms with Crippen molar-refractivity contribution in [3.8, 4) is 23.0 Å². The fourth-order valence-electron chi connectivity index (χ4n) is 2.02. The van der Waals surface area contributed by atoms with Crippen molar-refractivity contribution >= 4 is 17.6 Å². The van der Waals surface area contributed by atoms with Gasteiger partial charge in [-0.15, -0.1) is 0 Å². The maximum absolute atomic E-state index is 11.8. The van der Waals surface area contributed by atoms with Gasteiger partial charge in [-0.3, -0.25) is 0 Å². The Labute approximate surface area is 114 Å². The van der Waals surface area contributed by atoms with Crippen LogP contribution in [0.2, 0.25) is 0 Å². The first-order valence-corrected chi connectivity index (χ1v) is 5.84. The molecule has 0 fully saturated rings. The molecule has 1 heterocycles. The average molecular weight is 270 g/mol. The predicted octanol–water partition coefficient (Wildman–Crippen LogP) is 2.26. The SMILES string of the molecule is O=C1Oc2ccc(O)cc2C1=Cc1ccc(O)c(O)c1. The van der Waals surface area contributed by atoms with E-state index in [1.807, 2.05) is 0 Å². The van der Waals surface area contributed by atoms with E-state index in [1.54, 1.807) is 6.07 Å². The van der Waals surface area contributed by atoms with Crippen LogP contribution in [0.25, 0.3) is 11.6 Å². The molecular formula is C15H10O5. The molecular weight excluding hydrogens is 260 g/mol. The molecule has 3 rings (SSSR count). The number of benzene rings is 2. The number of phenols is 3. The van der Waals surface area contributed by atoms with Crippen LogP contribution in [0.15, 0.2) is 36.4 Å². The minimum absolute atomic E-state index is 0.0292. The topological polar surface area (TPSA) is 87.0 Å². The summed E-state index contributed by atoms with van der Waals surface area (Å²) in [7, 11) is 0. The summed E-state index contributed by atoms with van der Waals surface area (Å²) in [6.45, 7) is 0. The van der Waals surface area contributed by atoms with E-state index in [1.165, 1.54) is 36.4 Å². The van der Waals surface area contributed by atoms with Crippen molar-refractivity contribution < 1.29 is 24.9 Å². The second-order valence-corrected chi connectivity index (χ2v) is 4.38. The number of aromatic hydroxyl groups is 3. The lowest BCUT2D eigenvalue weighted by Crippen LogP contribution is -2.00. The van der Waals surface area contributed by atoms with Crippen LogP contribution in [0.3, 0.4) is 0 Å². The third kappa shape index (κ3) is 1.95. The van der Waals surface area contributed by atoms with Crippen LogP contribution in [0.1, 0.15) is 11.1 Å². The Morgan fingerprint density at radius 3 is 2.50 bits per heavy atom. The Bertz CT molecular complexity index is 746. The van der Waals surface area contributed by atoms with Crippen molar-refractivity contribution in [2.24, 2.45) is 0 Å². The van der Waals surface area contributed by atoms with E-state index in [9.17, 15) is 20.1 Å². The van der Waals surface area contributed by atoms with E-state index in [-0.39, 0.29) is 22.8 Å². The summed E-state index contributed by atoms with van der Waals surface area (Å²) in [4.78, 5) is 11.8. The molecule has 2 aromatic carbocycles. The van der Waals surface area contributed by atoms with Gasteiger partial charge in [-0.1, -0.05) is 6.07 Å². The number of phenolic OH excluding ortho intramolecular Hbond substituents is 3. The molecule has 100 valence electrons. The molecule has 0 amide bonds. The Morgan fingerprint density at radius 2 is 1.75 bits per heavy atom. The lowest BCUT2D eigenvalue weighted by atomic mass is 10.0. The van der Waals surface area contributed by atoms with Crippen LogP contribution >= 0.6 is 0 Å². The maximum Gasteiger partial charge on any atom is 0.344 e. The van der Waals surface area contributed by atoms with Crippen molar-refractivity contribution in [1.82, 2.24) is 0 Å². The van der Waals surface area contributed by atoms with Gasteiger partial charge in [-0.05, 0) is 42.0 Å². The minimum Gasteiger partial charge on any atom is -0.508 e. The van der Waals surface area contributed by atoms with Gasteiger partial charge in [-0.25, -0.2) is 4.79 Å². The van der Waals surface area contributed by atoms with Crippen molar-refractivity contribution in [1.29, 1.82) is 0 Å². The number of fused-ring (bicyclic) bond motifs is 1. The summed E-state index contributed by atoms with van der Waals surface area (Å²) < 4.78 is 5.07. The molecule has 0 aliphatic carbocycles. The van der Waals surface area contributed by atoms with Crippen LogP contribution in [0.5, 0.6) is 23.0 Å². The summed E-state index contributed by atoms with van der Waals surface area (Å²) >= 11 is 0. The molecule has 5 nitrogen and oxygen atoms in total. The summed E-state index contributed by atoms with van der Waals surface area (Å²) in [5.41, 5.74) is 1.30. The van der Waals surface area contributed by atoms with Crippen molar-refractivity contribution in [2.75, 3.05) is 0 Å². The summed E-state index contributed by atoms with van der Waals surface area (Å²) in [5.74, 6) is -0.636. The van der Waals surface area contributed by atoms with Crippen molar-refractivity contribution in [3.63, 3.8) is 0 Å². The van der Waals surface area contributed by atoms with Gasteiger partial charge >= 0.3 is 5.97 Å². The number of carbonyl (C=O) groups excluding carboxylic acids is 1. The molecule has 1 aliphatic rings. The molecule has 0 atom stereocenters. The van der Waals surface area contributed by atoms with Crippen LogP contribution in [0, 0.1) is 0 Å². The van der Waals surface area contributed by atoms with E-state index in [0.717, 1.165) is 0 Å². The number of hydrogen-bond donors (Lipinski definition) is 3. The molecule has 2 aromatic rings. The highest BCUT2D eigenvalue weighted by molar-refractivity contribution is 6.26. The second kappa shape index (κ2) is 4.31. The van der Waals surface area contributed by atoms with E-state index in [4.69, 9.17) is 4.74 Å². The standard InChI is InChI=1S/C15H10O5/c16-9-2-4-14-10(7-9)11(15(19)20-14)5-8-1-3-12(17)13(18)6-8/h1-7,16-18H. The van der Waals surface area contributed by atoms with Gasteiger partial charge in [0.05, 0.1) is 5.57 Å². The highest BCUT2D eigenvalue weighted by atomic mass is 16.5. The van der Waals surface area contributed by atoms with E-state index in [0.29, 0.717) is 16.9 Å². The molecule has 0 saturated carbocycles. The van der Waals surface area contributed by atoms with Crippen LogP contribution in [0.4, 0.5) is 0 Å². The van der Waals surface area contributed by atoms with E-state index in [2.05, 4.69) is 0 Å². The number of rotatable bonds is 1. The monoisotopic (exact) mass is 270 g/mol. The molecule has 0 radical (unpaired) electrons. The molecule has 0 bridgehead atoms. The molecule has 1 aliphatic heterocycles. The van der Waals surface area contributed by atoms with Gasteiger partial charge < -0.3 is 20.1 Å². The third-order valence-corrected chi connectivity index (χ3v) is 2.99. The zero-order valence-electron chi connectivity index (χ0n) is 10.2. The number of esters is 1. The summed E-state index contributed by atoms with van der Waals surface area (Å²) in [6.07, 6.45) is 1.52. The Balaban J connectivity index is 2.10. The highest BCUT2D eigenvalue weighted by Gasteiger charge is 2.27. The first kappa shape index (κ1) is 12.1. The zero-order valence-corrected chi connectivity index (χ0v) is 10.2. The number of hydrogen-bond acceptors (Lipinski definition) is 5. The van der Waals surface area contributed by atoms with Gasteiger partial charge in [0.2, 0.25) is 0 Å². The maximum atomic E-state index is 11.8. The molecule has 0 spiro atoms. The van der Waals surface area contributed by atoms with Crippen LogP contribution in [-0.4, -0.2) is 21.3 Å². The molecule has 3 N–H and O–H groups in total. The molecule has 0 aromatic heterocycles. The van der Waals surface area contributed by atoms with Gasteiger partial charge in [0.25, 0.3) is 0 Å².